The van der Waals surface area contributed by atoms with Crippen LogP contribution in [0.15, 0.2) is 24.3 Å². The summed E-state index contributed by atoms with van der Waals surface area (Å²) in [5.74, 6) is -1.04. The summed E-state index contributed by atoms with van der Waals surface area (Å²) in [6, 6.07) is 7.32. The van der Waals surface area contributed by atoms with E-state index in [0.717, 1.165) is 11.1 Å². The van der Waals surface area contributed by atoms with Gasteiger partial charge in [0.05, 0.1) is 6.04 Å². The normalized spacial score (nSPS) is 19.2. The summed E-state index contributed by atoms with van der Waals surface area (Å²) >= 11 is 0. The fraction of sp³-hybridized carbons (Fsp3) is 0.333. The van der Waals surface area contributed by atoms with Crippen LogP contribution in [0.5, 0.6) is 0 Å². The average molecular weight is 235 g/mol. The fourth-order valence-corrected chi connectivity index (χ4v) is 1.84. The molecule has 0 saturated carbocycles. The van der Waals surface area contributed by atoms with Gasteiger partial charge in [-0.15, -0.1) is 0 Å². The van der Waals surface area contributed by atoms with Crippen molar-refractivity contribution in [2.24, 2.45) is 0 Å². The Morgan fingerprint density at radius 1 is 1.47 bits per heavy atom. The summed E-state index contributed by atoms with van der Waals surface area (Å²) in [7, 11) is 0. The third-order valence-electron chi connectivity index (χ3n) is 2.74. The molecule has 1 heterocycles. The lowest BCUT2D eigenvalue weighted by atomic mass is 10.1. The Morgan fingerprint density at radius 3 is 2.71 bits per heavy atom. The number of rotatable bonds is 3. The average Bonchev–Trinajstić information content (AvgIpc) is 2.61. The molecule has 1 fully saturated rings. The molecule has 1 aromatic rings. The van der Waals surface area contributed by atoms with Gasteiger partial charge in [0.1, 0.15) is 13.2 Å². The third-order valence-corrected chi connectivity index (χ3v) is 2.74. The number of benzene rings is 1. The molecular formula is C12H13NO4. The molecule has 0 radical (unpaired) electrons. The predicted octanol–water partition coefficient (Wildman–Crippen LogP) is 1.57. The lowest BCUT2D eigenvalue weighted by Gasteiger charge is -2.19. The Kier molecular flexibility index (Phi) is 2.99. The van der Waals surface area contributed by atoms with Crippen molar-refractivity contribution >= 4 is 12.1 Å². The van der Waals surface area contributed by atoms with Crippen molar-refractivity contribution in [2.45, 2.75) is 13.0 Å². The van der Waals surface area contributed by atoms with E-state index in [-0.39, 0.29) is 19.2 Å². The Hall–Kier alpha value is -2.04. The molecule has 1 N–H and O–H groups in total. The number of amides is 1. The molecular weight excluding hydrogens is 222 g/mol. The van der Waals surface area contributed by atoms with Crippen LogP contribution in [0.1, 0.15) is 17.2 Å². The molecule has 1 saturated heterocycles. The smallest absolute Gasteiger partial charge is 0.411 e. The van der Waals surface area contributed by atoms with E-state index < -0.39 is 12.1 Å². The van der Waals surface area contributed by atoms with Gasteiger partial charge in [-0.25, -0.2) is 4.79 Å². The largest absolute Gasteiger partial charge is 0.480 e. The Labute approximate surface area is 98.6 Å². The fourth-order valence-electron chi connectivity index (χ4n) is 1.84. The second kappa shape index (κ2) is 4.45. The molecule has 1 atom stereocenters. The number of aliphatic carboxylic acids is 1. The number of carboxylic acid groups (broad SMARTS) is 1. The first-order valence-electron chi connectivity index (χ1n) is 5.29. The Morgan fingerprint density at radius 2 is 2.12 bits per heavy atom. The highest BCUT2D eigenvalue weighted by molar-refractivity contribution is 5.78. The van der Waals surface area contributed by atoms with Crippen LogP contribution in [0.25, 0.3) is 0 Å². The van der Waals surface area contributed by atoms with Gasteiger partial charge in [0.25, 0.3) is 0 Å². The van der Waals surface area contributed by atoms with E-state index in [4.69, 9.17) is 9.84 Å². The van der Waals surface area contributed by atoms with Crippen LogP contribution in [0.2, 0.25) is 0 Å². The van der Waals surface area contributed by atoms with Gasteiger partial charge in [0.2, 0.25) is 0 Å². The number of hydrogen-bond acceptors (Lipinski definition) is 3. The van der Waals surface area contributed by atoms with Crippen molar-refractivity contribution in [1.82, 2.24) is 4.90 Å². The molecule has 17 heavy (non-hydrogen) atoms. The summed E-state index contributed by atoms with van der Waals surface area (Å²) in [6.45, 7) is 1.83. The van der Waals surface area contributed by atoms with Crippen LogP contribution in [0.4, 0.5) is 4.79 Å². The van der Waals surface area contributed by atoms with Crippen LogP contribution >= 0.6 is 0 Å². The van der Waals surface area contributed by atoms with E-state index >= 15 is 0 Å². The number of nitrogens with zero attached hydrogens (tertiary/aromatic N) is 1. The number of carbonyl (C=O) groups is 2. The first-order chi connectivity index (χ1) is 8.08. The zero-order chi connectivity index (χ0) is 12.4. The SMILES string of the molecule is Cc1ccc(C2COC(=O)N2CC(=O)O)cc1. The maximum atomic E-state index is 11.4. The summed E-state index contributed by atoms with van der Waals surface area (Å²) in [5, 5.41) is 8.75. The zero-order valence-electron chi connectivity index (χ0n) is 9.42. The minimum absolute atomic E-state index is 0.204. The zero-order valence-corrected chi connectivity index (χ0v) is 9.42. The van der Waals surface area contributed by atoms with Crippen LogP contribution in [-0.4, -0.2) is 35.2 Å². The van der Waals surface area contributed by atoms with Gasteiger partial charge in [-0.1, -0.05) is 29.8 Å². The summed E-state index contributed by atoms with van der Waals surface area (Å²) in [4.78, 5) is 23.3. The lowest BCUT2D eigenvalue weighted by Crippen LogP contribution is -2.32. The van der Waals surface area contributed by atoms with Gasteiger partial charge in [-0.3, -0.25) is 9.69 Å². The highest BCUT2D eigenvalue weighted by Crippen LogP contribution is 2.27. The van der Waals surface area contributed by atoms with Crippen molar-refractivity contribution < 1.29 is 19.4 Å². The Balaban J connectivity index is 2.22. The summed E-state index contributed by atoms with van der Waals surface area (Å²) < 4.78 is 4.89. The minimum atomic E-state index is -1.04. The molecule has 0 spiro atoms. The predicted molar refractivity (Wildman–Crippen MR) is 59.6 cm³/mol. The van der Waals surface area contributed by atoms with Gasteiger partial charge < -0.3 is 9.84 Å². The van der Waals surface area contributed by atoms with Crippen LogP contribution in [0.3, 0.4) is 0 Å². The van der Waals surface area contributed by atoms with E-state index in [0.29, 0.717) is 0 Å². The van der Waals surface area contributed by atoms with Crippen molar-refractivity contribution in [3.63, 3.8) is 0 Å². The molecule has 0 aliphatic carbocycles. The molecule has 0 bridgehead atoms. The van der Waals surface area contributed by atoms with E-state index in [1.807, 2.05) is 31.2 Å². The second-order valence-electron chi connectivity index (χ2n) is 4.03. The lowest BCUT2D eigenvalue weighted by molar-refractivity contribution is -0.137. The number of carboxylic acids is 1. The van der Waals surface area contributed by atoms with Crippen molar-refractivity contribution in [3.05, 3.63) is 35.4 Å². The summed E-state index contributed by atoms with van der Waals surface area (Å²) in [6.07, 6.45) is -0.571. The third kappa shape index (κ3) is 2.38. The number of aryl methyl sites for hydroxylation is 1. The van der Waals surface area contributed by atoms with Crippen LogP contribution < -0.4 is 0 Å². The van der Waals surface area contributed by atoms with Gasteiger partial charge in [0, 0.05) is 0 Å². The summed E-state index contributed by atoms with van der Waals surface area (Å²) in [5.41, 5.74) is 2.01. The number of carbonyl (C=O) groups excluding carboxylic acids is 1. The second-order valence-corrected chi connectivity index (χ2v) is 4.03. The first kappa shape index (κ1) is 11.4. The van der Waals surface area contributed by atoms with Crippen LogP contribution in [0, 0.1) is 6.92 Å². The quantitative estimate of drug-likeness (QED) is 0.863. The molecule has 5 nitrogen and oxygen atoms in total. The van der Waals surface area contributed by atoms with Crippen molar-refractivity contribution in [3.8, 4) is 0 Å². The molecule has 1 aliphatic rings. The van der Waals surface area contributed by atoms with E-state index in [2.05, 4.69) is 0 Å². The molecule has 90 valence electrons. The van der Waals surface area contributed by atoms with Crippen molar-refractivity contribution in [2.75, 3.05) is 13.2 Å². The maximum Gasteiger partial charge on any atom is 0.411 e. The number of cyclic esters (lactones) is 1. The first-order valence-corrected chi connectivity index (χ1v) is 5.29. The van der Waals surface area contributed by atoms with E-state index in [1.165, 1.54) is 4.90 Å². The van der Waals surface area contributed by atoms with Crippen LogP contribution in [-0.2, 0) is 9.53 Å². The highest BCUT2D eigenvalue weighted by atomic mass is 16.6. The molecule has 1 unspecified atom stereocenters. The molecule has 2 rings (SSSR count). The van der Waals surface area contributed by atoms with E-state index in [9.17, 15) is 9.59 Å². The number of hydrogen-bond donors (Lipinski definition) is 1. The van der Waals surface area contributed by atoms with Gasteiger partial charge in [-0.2, -0.15) is 0 Å². The topological polar surface area (TPSA) is 66.8 Å². The Bertz CT molecular complexity index is 440. The van der Waals surface area contributed by atoms with E-state index in [1.54, 1.807) is 0 Å². The molecule has 1 amide bonds. The van der Waals surface area contributed by atoms with Gasteiger partial charge in [-0.05, 0) is 12.5 Å². The molecule has 5 heteroatoms. The maximum absolute atomic E-state index is 11.4. The minimum Gasteiger partial charge on any atom is -0.480 e. The number of ether oxygens (including phenoxy) is 1. The monoisotopic (exact) mass is 235 g/mol. The highest BCUT2D eigenvalue weighted by Gasteiger charge is 2.35. The standard InChI is InChI=1S/C12H13NO4/c1-8-2-4-9(5-3-8)10-7-17-12(16)13(10)6-11(14)15/h2-5,10H,6-7H2,1H3,(H,14,15). The van der Waals surface area contributed by atoms with Gasteiger partial charge in [0.15, 0.2) is 0 Å². The molecule has 1 aromatic carbocycles. The van der Waals surface area contributed by atoms with Crippen molar-refractivity contribution in [1.29, 1.82) is 0 Å². The molecule has 1 aliphatic heterocycles. The van der Waals surface area contributed by atoms with Gasteiger partial charge >= 0.3 is 12.1 Å². The molecule has 0 aromatic heterocycles.